The molecule has 1 aliphatic heterocycles. The van der Waals surface area contributed by atoms with E-state index >= 15 is 0 Å². The molecule has 0 fully saturated rings. The first-order chi connectivity index (χ1) is 15.0. The van der Waals surface area contributed by atoms with Crippen LogP contribution in [0.4, 0.5) is 10.2 Å². The van der Waals surface area contributed by atoms with E-state index in [9.17, 15) is 14.0 Å². The molecule has 1 amide bonds. The van der Waals surface area contributed by atoms with E-state index < -0.39 is 0 Å². The van der Waals surface area contributed by atoms with Crippen molar-refractivity contribution < 1.29 is 9.18 Å². The molecule has 0 spiro atoms. The quantitative estimate of drug-likeness (QED) is 0.494. The highest BCUT2D eigenvalue weighted by atomic mass is 32.2. The standard InChI is InChI=1S/C21H17FN6O2S/c1-12-3-2-4-17(24-12)25-18(29)9-15-11-31-21-26-19-16(20(30)27(15)21)10-23-28(19)14-7-5-13(22)6-8-14/h2-8,10,15H,9,11H2,1H3,(H,24,25,29). The third kappa shape index (κ3) is 3.59. The number of hydrogen-bond acceptors (Lipinski definition) is 6. The molecule has 8 nitrogen and oxygen atoms in total. The first kappa shape index (κ1) is 19.4. The van der Waals surface area contributed by atoms with E-state index in [1.165, 1.54) is 34.8 Å². The Hall–Kier alpha value is -3.53. The van der Waals surface area contributed by atoms with Crippen LogP contribution in [0.25, 0.3) is 16.7 Å². The van der Waals surface area contributed by atoms with Crippen LogP contribution in [0.2, 0.25) is 0 Å². The number of anilines is 1. The zero-order valence-electron chi connectivity index (χ0n) is 16.4. The van der Waals surface area contributed by atoms with Crippen molar-refractivity contribution in [3.8, 4) is 5.69 Å². The number of aryl methyl sites for hydroxylation is 1. The molecule has 156 valence electrons. The Bertz CT molecular complexity index is 1360. The Kier molecular flexibility index (Phi) is 4.78. The Labute approximate surface area is 180 Å². The van der Waals surface area contributed by atoms with Crippen molar-refractivity contribution in [1.82, 2.24) is 24.3 Å². The van der Waals surface area contributed by atoms with Gasteiger partial charge in [0.1, 0.15) is 17.0 Å². The summed E-state index contributed by atoms with van der Waals surface area (Å²) in [6, 6.07) is 10.9. The van der Waals surface area contributed by atoms with Crippen LogP contribution in [0.3, 0.4) is 0 Å². The fraction of sp³-hybridized carbons (Fsp3) is 0.190. The summed E-state index contributed by atoms with van der Waals surface area (Å²) < 4.78 is 16.3. The van der Waals surface area contributed by atoms with Crippen LogP contribution < -0.4 is 10.9 Å². The van der Waals surface area contributed by atoms with Crippen molar-refractivity contribution in [3.63, 3.8) is 0 Å². The number of aromatic nitrogens is 5. The van der Waals surface area contributed by atoms with E-state index in [4.69, 9.17) is 0 Å². The zero-order valence-corrected chi connectivity index (χ0v) is 17.3. The molecular weight excluding hydrogens is 419 g/mol. The molecule has 10 heteroatoms. The highest BCUT2D eigenvalue weighted by Crippen LogP contribution is 2.33. The van der Waals surface area contributed by atoms with Crippen LogP contribution in [-0.2, 0) is 4.79 Å². The molecule has 0 aliphatic carbocycles. The molecule has 0 saturated heterocycles. The monoisotopic (exact) mass is 436 g/mol. The molecule has 4 aromatic rings. The number of carbonyl (C=O) groups excluding carboxylic acids is 1. The van der Waals surface area contributed by atoms with Crippen molar-refractivity contribution in [1.29, 1.82) is 0 Å². The smallest absolute Gasteiger partial charge is 0.265 e. The van der Waals surface area contributed by atoms with Crippen LogP contribution in [0.5, 0.6) is 0 Å². The average Bonchev–Trinajstić information content (AvgIpc) is 3.34. The van der Waals surface area contributed by atoms with Gasteiger partial charge in [-0.25, -0.2) is 19.0 Å². The number of amides is 1. The summed E-state index contributed by atoms with van der Waals surface area (Å²) in [5.74, 6) is 0.475. The summed E-state index contributed by atoms with van der Waals surface area (Å²) in [7, 11) is 0. The van der Waals surface area contributed by atoms with Crippen molar-refractivity contribution >= 4 is 34.5 Å². The predicted molar refractivity (Wildman–Crippen MR) is 115 cm³/mol. The number of fused-ring (bicyclic) bond motifs is 2. The van der Waals surface area contributed by atoms with Crippen LogP contribution in [-0.4, -0.2) is 36.0 Å². The number of rotatable bonds is 4. The maximum absolute atomic E-state index is 13.3. The Morgan fingerprint density at radius 2 is 2.03 bits per heavy atom. The average molecular weight is 436 g/mol. The molecule has 0 saturated carbocycles. The summed E-state index contributed by atoms with van der Waals surface area (Å²) in [6.07, 6.45) is 1.59. The SMILES string of the molecule is Cc1cccc(NC(=O)CC2CSc3nc4c(cnn4-c4ccc(F)cc4)c(=O)n32)n1. The lowest BCUT2D eigenvalue weighted by molar-refractivity contribution is -0.116. The van der Waals surface area contributed by atoms with Crippen LogP contribution in [0, 0.1) is 12.7 Å². The first-order valence-corrected chi connectivity index (χ1v) is 10.6. The fourth-order valence-electron chi connectivity index (χ4n) is 3.57. The molecule has 1 aliphatic rings. The maximum atomic E-state index is 13.3. The van der Waals surface area contributed by atoms with Crippen LogP contribution >= 0.6 is 11.8 Å². The summed E-state index contributed by atoms with van der Waals surface area (Å²) in [5, 5.41) is 7.94. The topological polar surface area (TPSA) is 94.7 Å². The molecule has 31 heavy (non-hydrogen) atoms. The summed E-state index contributed by atoms with van der Waals surface area (Å²) in [5.41, 5.74) is 1.58. The van der Waals surface area contributed by atoms with Gasteiger partial charge < -0.3 is 5.32 Å². The van der Waals surface area contributed by atoms with Gasteiger partial charge in [0.25, 0.3) is 5.56 Å². The Morgan fingerprint density at radius 3 is 2.81 bits per heavy atom. The van der Waals surface area contributed by atoms with Crippen molar-refractivity contribution in [2.45, 2.75) is 24.5 Å². The third-order valence-electron chi connectivity index (χ3n) is 5.02. The molecule has 0 radical (unpaired) electrons. The molecular formula is C21H17FN6O2S. The van der Waals surface area contributed by atoms with E-state index in [2.05, 4.69) is 20.4 Å². The molecule has 1 N–H and O–H groups in total. The minimum absolute atomic E-state index is 0.134. The number of nitrogens with one attached hydrogen (secondary N) is 1. The van der Waals surface area contributed by atoms with Gasteiger partial charge in [-0.15, -0.1) is 0 Å². The number of hydrogen-bond donors (Lipinski definition) is 1. The van der Waals surface area contributed by atoms with Gasteiger partial charge in [-0.3, -0.25) is 14.2 Å². The van der Waals surface area contributed by atoms with Crippen molar-refractivity contribution in [2.24, 2.45) is 0 Å². The fourth-order valence-corrected chi connectivity index (χ4v) is 4.70. The number of pyridine rings is 1. The number of benzene rings is 1. The van der Waals surface area contributed by atoms with Gasteiger partial charge in [-0.2, -0.15) is 5.10 Å². The predicted octanol–water partition coefficient (Wildman–Crippen LogP) is 3.10. The number of nitrogens with zero attached hydrogens (tertiary/aromatic N) is 5. The van der Waals surface area contributed by atoms with Gasteiger partial charge in [0, 0.05) is 17.9 Å². The number of carbonyl (C=O) groups is 1. The van der Waals surface area contributed by atoms with Crippen LogP contribution in [0.1, 0.15) is 18.2 Å². The summed E-state index contributed by atoms with van der Waals surface area (Å²) in [6.45, 7) is 1.85. The highest BCUT2D eigenvalue weighted by molar-refractivity contribution is 7.99. The second-order valence-corrected chi connectivity index (χ2v) is 8.21. The second-order valence-electron chi connectivity index (χ2n) is 7.22. The van der Waals surface area contributed by atoms with E-state index in [1.54, 1.807) is 22.8 Å². The molecule has 1 atom stereocenters. The summed E-state index contributed by atoms with van der Waals surface area (Å²) in [4.78, 5) is 34.6. The number of halogens is 1. The van der Waals surface area contributed by atoms with Gasteiger partial charge in [0.2, 0.25) is 5.91 Å². The van der Waals surface area contributed by atoms with E-state index in [-0.39, 0.29) is 29.7 Å². The number of thioether (sulfide) groups is 1. The Morgan fingerprint density at radius 1 is 1.23 bits per heavy atom. The van der Waals surface area contributed by atoms with Gasteiger partial charge in [-0.05, 0) is 43.3 Å². The van der Waals surface area contributed by atoms with Gasteiger partial charge in [0.05, 0.1) is 17.9 Å². The lowest BCUT2D eigenvalue weighted by Crippen LogP contribution is -2.28. The van der Waals surface area contributed by atoms with E-state index in [1.807, 2.05) is 19.1 Å². The molecule has 5 rings (SSSR count). The Balaban J connectivity index is 1.44. The zero-order chi connectivity index (χ0) is 21.5. The van der Waals surface area contributed by atoms with Gasteiger partial charge in [-0.1, -0.05) is 17.8 Å². The van der Waals surface area contributed by atoms with Gasteiger partial charge in [0.15, 0.2) is 10.8 Å². The normalized spacial score (nSPS) is 15.2. The third-order valence-corrected chi connectivity index (χ3v) is 6.12. The first-order valence-electron chi connectivity index (χ1n) is 9.62. The van der Waals surface area contributed by atoms with E-state index in [0.717, 1.165) is 5.69 Å². The minimum atomic E-state index is -0.355. The largest absolute Gasteiger partial charge is 0.311 e. The molecule has 1 unspecified atom stereocenters. The lowest BCUT2D eigenvalue weighted by Gasteiger charge is -2.13. The van der Waals surface area contributed by atoms with Crippen molar-refractivity contribution in [3.05, 3.63) is 70.5 Å². The molecule has 3 aromatic heterocycles. The van der Waals surface area contributed by atoms with Crippen LogP contribution in [0.15, 0.2) is 58.6 Å². The summed E-state index contributed by atoms with van der Waals surface area (Å²) >= 11 is 1.42. The van der Waals surface area contributed by atoms with E-state index in [0.29, 0.717) is 33.4 Å². The minimum Gasteiger partial charge on any atom is -0.311 e. The van der Waals surface area contributed by atoms with Gasteiger partial charge >= 0.3 is 0 Å². The lowest BCUT2D eigenvalue weighted by atomic mass is 10.2. The second kappa shape index (κ2) is 7.62. The molecule has 4 heterocycles. The van der Waals surface area contributed by atoms with Crippen molar-refractivity contribution in [2.75, 3.05) is 11.1 Å². The highest BCUT2D eigenvalue weighted by Gasteiger charge is 2.29. The molecule has 1 aromatic carbocycles. The maximum Gasteiger partial charge on any atom is 0.265 e. The molecule has 0 bridgehead atoms.